The molecule has 1 unspecified atom stereocenters. The highest BCUT2D eigenvalue weighted by molar-refractivity contribution is 5.75. The van der Waals surface area contributed by atoms with E-state index in [1.54, 1.807) is 0 Å². The average molecular weight is 400 g/mol. The normalized spacial score (nSPS) is 12.5. The second kappa shape index (κ2) is 10.2. The highest BCUT2D eigenvalue weighted by atomic mass is 16.5. The molecule has 30 heavy (non-hydrogen) atoms. The lowest BCUT2D eigenvalue weighted by molar-refractivity contribution is -0.153. The van der Waals surface area contributed by atoms with Gasteiger partial charge in [-0.1, -0.05) is 91.0 Å². The first kappa shape index (κ1) is 21.8. The maximum atomic E-state index is 12.1. The zero-order valence-electron chi connectivity index (χ0n) is 18.2. The molecule has 155 valence electrons. The zero-order valence-corrected chi connectivity index (χ0v) is 18.2. The number of carbonyl (C=O) groups excluding carboxylic acids is 1. The third-order valence-corrected chi connectivity index (χ3v) is 5.20. The first-order valence-corrected chi connectivity index (χ1v) is 10.7. The molecule has 0 N–H and O–H groups in total. The van der Waals surface area contributed by atoms with Crippen molar-refractivity contribution in [2.75, 3.05) is 6.61 Å². The van der Waals surface area contributed by atoms with E-state index in [1.165, 1.54) is 22.6 Å². The summed E-state index contributed by atoms with van der Waals surface area (Å²) in [6.07, 6.45) is 1.71. The van der Waals surface area contributed by atoms with Gasteiger partial charge in [0, 0.05) is 5.92 Å². The molecule has 0 spiro atoms. The van der Waals surface area contributed by atoms with Crippen LogP contribution in [-0.4, -0.2) is 12.6 Å². The van der Waals surface area contributed by atoms with Crippen LogP contribution < -0.4 is 0 Å². The molecular weight excluding hydrogens is 368 g/mol. The number of rotatable bonds is 8. The van der Waals surface area contributed by atoms with Crippen LogP contribution >= 0.6 is 0 Å². The maximum Gasteiger partial charge on any atom is 0.311 e. The molecule has 0 saturated carbocycles. The molecule has 2 nitrogen and oxygen atoms in total. The van der Waals surface area contributed by atoms with Gasteiger partial charge in [-0.3, -0.25) is 4.79 Å². The fraction of sp³-hybridized carbons (Fsp3) is 0.286. The van der Waals surface area contributed by atoms with Gasteiger partial charge in [-0.2, -0.15) is 0 Å². The Bertz CT molecular complexity index is 856. The maximum absolute atomic E-state index is 12.1. The molecule has 0 bridgehead atoms. The van der Waals surface area contributed by atoms with Gasteiger partial charge in [-0.05, 0) is 56.2 Å². The fourth-order valence-electron chi connectivity index (χ4n) is 3.64. The van der Waals surface area contributed by atoms with Gasteiger partial charge in [0.15, 0.2) is 0 Å². The summed E-state index contributed by atoms with van der Waals surface area (Å²) >= 11 is 0. The summed E-state index contributed by atoms with van der Waals surface area (Å²) in [5.41, 5.74) is 3.26. The molecule has 0 aliphatic carbocycles. The average Bonchev–Trinajstić information content (AvgIpc) is 2.77. The Morgan fingerprint density at radius 3 is 1.70 bits per heavy atom. The molecule has 0 aliphatic rings. The summed E-state index contributed by atoms with van der Waals surface area (Å²) in [6.45, 7) is 6.10. The Morgan fingerprint density at radius 2 is 1.23 bits per heavy atom. The molecule has 0 heterocycles. The number of hydrogen-bond donors (Lipinski definition) is 0. The minimum atomic E-state index is -0.468. The molecule has 3 aromatic carbocycles. The van der Waals surface area contributed by atoms with E-state index in [0.29, 0.717) is 6.61 Å². The molecule has 0 aliphatic heterocycles. The SMILES string of the molecule is CC(C)(C)C(=O)OCCCC([C](c1ccccc1)c1ccccc1)c1ccccc1. The van der Waals surface area contributed by atoms with Crippen LogP contribution in [0.3, 0.4) is 0 Å². The van der Waals surface area contributed by atoms with Crippen LogP contribution in [0.15, 0.2) is 91.0 Å². The summed E-state index contributed by atoms with van der Waals surface area (Å²) in [5, 5.41) is 0. The first-order chi connectivity index (χ1) is 14.5. The number of esters is 1. The summed E-state index contributed by atoms with van der Waals surface area (Å²) < 4.78 is 5.54. The van der Waals surface area contributed by atoms with E-state index < -0.39 is 5.41 Å². The second-order valence-electron chi connectivity index (χ2n) is 8.64. The smallest absolute Gasteiger partial charge is 0.311 e. The van der Waals surface area contributed by atoms with E-state index in [4.69, 9.17) is 4.74 Å². The summed E-state index contributed by atoms with van der Waals surface area (Å²) in [7, 11) is 0. The standard InChI is InChI=1S/C28H31O2/c1-28(2,3)27(29)30-21-13-20-25(22-14-7-4-8-15-22)26(23-16-9-5-10-17-23)24-18-11-6-12-19-24/h4-12,14-19,25H,13,20-21H2,1-3H3. The molecule has 3 aromatic rings. The van der Waals surface area contributed by atoms with Gasteiger partial charge in [0.25, 0.3) is 0 Å². The van der Waals surface area contributed by atoms with Gasteiger partial charge < -0.3 is 4.74 Å². The largest absolute Gasteiger partial charge is 0.465 e. The highest BCUT2D eigenvalue weighted by Gasteiger charge is 2.27. The molecule has 3 rings (SSSR count). The topological polar surface area (TPSA) is 26.3 Å². The van der Waals surface area contributed by atoms with Crippen LogP contribution in [0.5, 0.6) is 0 Å². The van der Waals surface area contributed by atoms with Gasteiger partial charge in [0.1, 0.15) is 0 Å². The van der Waals surface area contributed by atoms with Crippen molar-refractivity contribution in [2.24, 2.45) is 5.41 Å². The molecule has 1 atom stereocenters. The van der Waals surface area contributed by atoms with Crippen LogP contribution in [-0.2, 0) is 9.53 Å². The number of ether oxygens (including phenoxy) is 1. The molecule has 0 aromatic heterocycles. The Balaban J connectivity index is 1.87. The number of carbonyl (C=O) groups is 1. The lowest BCUT2D eigenvalue weighted by Crippen LogP contribution is -2.23. The summed E-state index contributed by atoms with van der Waals surface area (Å²) in [4.78, 5) is 12.1. The minimum Gasteiger partial charge on any atom is -0.465 e. The van der Waals surface area contributed by atoms with Crippen molar-refractivity contribution in [3.63, 3.8) is 0 Å². The quantitative estimate of drug-likeness (QED) is 0.307. The zero-order chi connectivity index (χ0) is 21.4. The van der Waals surface area contributed by atoms with E-state index in [9.17, 15) is 4.79 Å². The van der Waals surface area contributed by atoms with Gasteiger partial charge in [-0.25, -0.2) is 0 Å². The molecule has 0 saturated heterocycles. The third kappa shape index (κ3) is 5.82. The van der Waals surface area contributed by atoms with E-state index in [-0.39, 0.29) is 11.9 Å². The van der Waals surface area contributed by atoms with Crippen molar-refractivity contribution in [1.29, 1.82) is 0 Å². The summed E-state index contributed by atoms with van der Waals surface area (Å²) in [5.74, 6) is 1.38. The lowest BCUT2D eigenvalue weighted by Gasteiger charge is -2.28. The van der Waals surface area contributed by atoms with Crippen molar-refractivity contribution in [2.45, 2.75) is 39.5 Å². The lowest BCUT2D eigenvalue weighted by atomic mass is 9.75. The molecule has 0 fully saturated rings. The second-order valence-corrected chi connectivity index (χ2v) is 8.64. The van der Waals surface area contributed by atoms with Crippen LogP contribution in [0.25, 0.3) is 0 Å². The van der Waals surface area contributed by atoms with Crippen molar-refractivity contribution < 1.29 is 9.53 Å². The molecular formula is C28H31O2. The number of hydrogen-bond acceptors (Lipinski definition) is 2. The van der Waals surface area contributed by atoms with Gasteiger partial charge in [-0.15, -0.1) is 0 Å². The van der Waals surface area contributed by atoms with Crippen molar-refractivity contribution in [1.82, 2.24) is 0 Å². The van der Waals surface area contributed by atoms with Crippen LogP contribution in [0.4, 0.5) is 0 Å². The Hall–Kier alpha value is -2.87. The predicted molar refractivity (Wildman–Crippen MR) is 123 cm³/mol. The van der Waals surface area contributed by atoms with Crippen LogP contribution in [0.2, 0.25) is 0 Å². The van der Waals surface area contributed by atoms with E-state index in [2.05, 4.69) is 91.0 Å². The van der Waals surface area contributed by atoms with Gasteiger partial charge in [0.2, 0.25) is 0 Å². The fourth-order valence-corrected chi connectivity index (χ4v) is 3.64. The first-order valence-electron chi connectivity index (χ1n) is 10.7. The van der Waals surface area contributed by atoms with E-state index in [0.717, 1.165) is 12.8 Å². The Morgan fingerprint density at radius 1 is 0.767 bits per heavy atom. The Kier molecular flexibility index (Phi) is 7.46. The summed E-state index contributed by atoms with van der Waals surface area (Å²) in [6, 6.07) is 31.8. The number of benzene rings is 3. The van der Waals surface area contributed by atoms with Crippen molar-refractivity contribution in [3.8, 4) is 0 Å². The minimum absolute atomic E-state index is 0.144. The van der Waals surface area contributed by atoms with Crippen molar-refractivity contribution >= 4 is 5.97 Å². The molecule has 2 heteroatoms. The predicted octanol–water partition coefficient (Wildman–Crippen LogP) is 6.81. The van der Waals surface area contributed by atoms with Crippen molar-refractivity contribution in [3.05, 3.63) is 114 Å². The van der Waals surface area contributed by atoms with Gasteiger partial charge in [0.05, 0.1) is 12.0 Å². The van der Waals surface area contributed by atoms with Crippen LogP contribution in [0, 0.1) is 11.3 Å². The van der Waals surface area contributed by atoms with E-state index in [1.807, 2.05) is 20.8 Å². The molecule has 0 amide bonds. The monoisotopic (exact) mass is 399 g/mol. The van der Waals surface area contributed by atoms with Gasteiger partial charge >= 0.3 is 5.97 Å². The Labute approximate surface area is 180 Å². The third-order valence-electron chi connectivity index (χ3n) is 5.20. The van der Waals surface area contributed by atoms with E-state index >= 15 is 0 Å². The van der Waals surface area contributed by atoms with Crippen LogP contribution in [0.1, 0.15) is 56.2 Å². The highest BCUT2D eigenvalue weighted by Crippen LogP contribution is 2.40. The molecule has 1 radical (unpaired) electrons.